The molecule has 2 aromatic rings. The normalized spacial score (nSPS) is 17.2. The highest BCUT2D eigenvalue weighted by Crippen LogP contribution is 2.25. The van der Waals surface area contributed by atoms with Crippen molar-refractivity contribution < 1.29 is 9.18 Å². The summed E-state index contributed by atoms with van der Waals surface area (Å²) < 4.78 is 13.4. The summed E-state index contributed by atoms with van der Waals surface area (Å²) >= 11 is 0. The molecule has 0 spiro atoms. The summed E-state index contributed by atoms with van der Waals surface area (Å²) in [5.41, 5.74) is 1.44. The van der Waals surface area contributed by atoms with Crippen LogP contribution in [0.3, 0.4) is 0 Å². The number of hydrogen-bond donors (Lipinski definition) is 2. The van der Waals surface area contributed by atoms with E-state index >= 15 is 0 Å². The zero-order valence-corrected chi connectivity index (χ0v) is 13.5. The highest BCUT2D eigenvalue weighted by Gasteiger charge is 2.34. The van der Waals surface area contributed by atoms with Gasteiger partial charge < -0.3 is 10.6 Å². The summed E-state index contributed by atoms with van der Waals surface area (Å²) in [4.78, 5) is 13.4. The van der Waals surface area contributed by atoms with Crippen molar-refractivity contribution in [2.45, 2.75) is 25.0 Å². The molecule has 0 aliphatic carbocycles. The first-order valence-corrected chi connectivity index (χ1v) is 8.20. The van der Waals surface area contributed by atoms with Crippen LogP contribution in [0.2, 0.25) is 0 Å². The molecule has 4 nitrogen and oxygen atoms in total. The van der Waals surface area contributed by atoms with Crippen LogP contribution in [0.1, 0.15) is 18.4 Å². The summed E-state index contributed by atoms with van der Waals surface area (Å²) in [6.07, 6.45) is 2.24. The molecule has 0 atom stereocenters. The van der Waals surface area contributed by atoms with E-state index in [0.717, 1.165) is 38.9 Å². The monoisotopic (exact) mass is 327 g/mol. The molecule has 0 saturated carbocycles. The van der Waals surface area contributed by atoms with Crippen LogP contribution in [0.25, 0.3) is 0 Å². The van der Waals surface area contributed by atoms with Crippen molar-refractivity contribution in [2.75, 3.05) is 18.4 Å². The predicted octanol–water partition coefficient (Wildman–Crippen LogP) is 2.98. The van der Waals surface area contributed by atoms with E-state index in [0.29, 0.717) is 5.69 Å². The van der Waals surface area contributed by atoms with E-state index in [2.05, 4.69) is 27.7 Å². The van der Waals surface area contributed by atoms with E-state index < -0.39 is 5.66 Å². The number of hydrogen-bond acceptors (Lipinski definition) is 3. The van der Waals surface area contributed by atoms with Crippen molar-refractivity contribution in [2.24, 2.45) is 0 Å². The van der Waals surface area contributed by atoms with Gasteiger partial charge in [0.15, 0.2) is 0 Å². The van der Waals surface area contributed by atoms with Crippen LogP contribution >= 0.6 is 0 Å². The van der Waals surface area contributed by atoms with Gasteiger partial charge in [-0.15, -0.1) is 0 Å². The van der Waals surface area contributed by atoms with Crippen LogP contribution in [-0.4, -0.2) is 30.1 Å². The average Bonchev–Trinajstić information content (AvgIpc) is 2.58. The molecule has 1 aliphatic rings. The van der Waals surface area contributed by atoms with Gasteiger partial charge in [0, 0.05) is 38.2 Å². The summed E-state index contributed by atoms with van der Waals surface area (Å²) in [5.74, 6) is -0.289. The number of carbonyl (C=O) groups is 1. The maximum absolute atomic E-state index is 13.4. The Morgan fingerprint density at radius 1 is 1.08 bits per heavy atom. The van der Waals surface area contributed by atoms with Crippen molar-refractivity contribution in [3.05, 3.63) is 66.0 Å². The van der Waals surface area contributed by atoms with Crippen molar-refractivity contribution in [1.82, 2.24) is 10.2 Å². The molecular formula is C19H22FN3O. The van der Waals surface area contributed by atoms with Crippen molar-refractivity contribution >= 4 is 12.1 Å². The zero-order valence-electron chi connectivity index (χ0n) is 13.5. The molecule has 1 fully saturated rings. The van der Waals surface area contributed by atoms with Crippen LogP contribution in [0, 0.1) is 5.82 Å². The molecule has 1 heterocycles. The predicted molar refractivity (Wildman–Crippen MR) is 92.9 cm³/mol. The van der Waals surface area contributed by atoms with Crippen LogP contribution in [0.5, 0.6) is 0 Å². The van der Waals surface area contributed by atoms with Gasteiger partial charge in [0.1, 0.15) is 11.5 Å². The molecule has 126 valence electrons. The topological polar surface area (TPSA) is 44.4 Å². The fraction of sp³-hybridized carbons (Fsp3) is 0.316. The number of rotatable bonds is 6. The van der Waals surface area contributed by atoms with Crippen molar-refractivity contribution in [1.29, 1.82) is 0 Å². The number of piperidine rings is 1. The molecule has 5 heteroatoms. The minimum Gasteiger partial charge on any atom is -0.363 e. The Balaban J connectivity index is 1.64. The summed E-state index contributed by atoms with van der Waals surface area (Å²) in [7, 11) is 0. The minimum absolute atomic E-state index is 0.289. The van der Waals surface area contributed by atoms with Gasteiger partial charge in [-0.25, -0.2) is 4.39 Å². The molecule has 2 aromatic carbocycles. The van der Waals surface area contributed by atoms with Gasteiger partial charge in [-0.1, -0.05) is 36.4 Å². The molecule has 1 amide bonds. The third kappa shape index (κ3) is 4.11. The number of nitrogens with one attached hydrogen (secondary N) is 2. The first-order valence-electron chi connectivity index (χ1n) is 8.20. The standard InChI is InChI=1S/C19H22FN3O/c20-17-7-4-8-18(13-17)22-19(21-15-24)9-11-23(12-10-19)14-16-5-2-1-3-6-16/h1-8,13,15,22H,9-12,14H2,(H,21,24). The van der Waals surface area contributed by atoms with E-state index in [9.17, 15) is 9.18 Å². The lowest BCUT2D eigenvalue weighted by Gasteiger charge is -2.42. The second kappa shape index (κ2) is 7.45. The third-order valence-electron chi connectivity index (χ3n) is 4.50. The molecule has 0 radical (unpaired) electrons. The van der Waals surface area contributed by atoms with Gasteiger partial charge >= 0.3 is 0 Å². The molecule has 0 aromatic heterocycles. The van der Waals surface area contributed by atoms with Crippen molar-refractivity contribution in [3.8, 4) is 0 Å². The molecule has 24 heavy (non-hydrogen) atoms. The van der Waals surface area contributed by atoms with E-state index in [1.54, 1.807) is 6.07 Å². The Hall–Kier alpha value is -2.40. The first-order chi connectivity index (χ1) is 11.7. The Bertz CT molecular complexity index is 669. The van der Waals surface area contributed by atoms with Gasteiger partial charge in [0.2, 0.25) is 6.41 Å². The van der Waals surface area contributed by atoms with Crippen LogP contribution in [0.4, 0.5) is 10.1 Å². The van der Waals surface area contributed by atoms with E-state index in [1.165, 1.54) is 17.7 Å². The molecule has 1 aliphatic heterocycles. The zero-order chi connectivity index (χ0) is 16.8. The number of likely N-dealkylation sites (tertiary alicyclic amines) is 1. The van der Waals surface area contributed by atoms with E-state index in [-0.39, 0.29) is 5.82 Å². The fourth-order valence-electron chi connectivity index (χ4n) is 3.20. The number of carbonyl (C=O) groups excluding carboxylic acids is 1. The first kappa shape index (κ1) is 16.5. The fourth-order valence-corrected chi connectivity index (χ4v) is 3.20. The third-order valence-corrected chi connectivity index (χ3v) is 4.50. The molecule has 1 saturated heterocycles. The molecule has 3 rings (SSSR count). The maximum Gasteiger partial charge on any atom is 0.208 e. The number of anilines is 1. The van der Waals surface area contributed by atoms with Gasteiger partial charge in [0.25, 0.3) is 0 Å². The summed E-state index contributed by atoms with van der Waals surface area (Å²) in [6, 6.07) is 16.7. The minimum atomic E-state index is -0.525. The number of nitrogens with zero attached hydrogens (tertiary/aromatic N) is 1. The quantitative estimate of drug-likeness (QED) is 0.633. The van der Waals surface area contributed by atoms with E-state index in [1.807, 2.05) is 24.3 Å². The lowest BCUT2D eigenvalue weighted by Crippen LogP contribution is -2.57. The number of amides is 1. The van der Waals surface area contributed by atoms with E-state index in [4.69, 9.17) is 0 Å². The lowest BCUT2D eigenvalue weighted by molar-refractivity contribution is -0.111. The van der Waals surface area contributed by atoms with Crippen LogP contribution < -0.4 is 10.6 Å². The average molecular weight is 327 g/mol. The van der Waals surface area contributed by atoms with Gasteiger partial charge in [-0.2, -0.15) is 0 Å². The molecular weight excluding hydrogens is 305 g/mol. The summed E-state index contributed by atoms with van der Waals surface area (Å²) in [5, 5.41) is 6.22. The summed E-state index contributed by atoms with van der Waals surface area (Å²) in [6.45, 7) is 2.62. The Morgan fingerprint density at radius 3 is 2.50 bits per heavy atom. The number of benzene rings is 2. The van der Waals surface area contributed by atoms with Crippen LogP contribution in [-0.2, 0) is 11.3 Å². The van der Waals surface area contributed by atoms with Crippen molar-refractivity contribution in [3.63, 3.8) is 0 Å². The van der Waals surface area contributed by atoms with Crippen LogP contribution in [0.15, 0.2) is 54.6 Å². The Labute approximate surface area is 141 Å². The highest BCUT2D eigenvalue weighted by atomic mass is 19.1. The maximum atomic E-state index is 13.4. The highest BCUT2D eigenvalue weighted by molar-refractivity contribution is 5.53. The van der Waals surface area contributed by atoms with Gasteiger partial charge in [0.05, 0.1) is 0 Å². The number of halogens is 1. The molecule has 0 bridgehead atoms. The SMILES string of the molecule is O=CNC1(Nc2cccc(F)c2)CCN(Cc2ccccc2)CC1. The van der Waals surface area contributed by atoms with Gasteiger partial charge in [-0.3, -0.25) is 9.69 Å². The lowest BCUT2D eigenvalue weighted by atomic mass is 9.95. The Kier molecular flexibility index (Phi) is 5.11. The molecule has 2 N–H and O–H groups in total. The second-order valence-electron chi connectivity index (χ2n) is 6.24. The Morgan fingerprint density at radius 2 is 1.83 bits per heavy atom. The van der Waals surface area contributed by atoms with Gasteiger partial charge in [-0.05, 0) is 23.8 Å². The largest absolute Gasteiger partial charge is 0.363 e. The second-order valence-corrected chi connectivity index (χ2v) is 6.24. The molecule has 0 unspecified atom stereocenters. The smallest absolute Gasteiger partial charge is 0.208 e.